The Labute approximate surface area is 153 Å². The van der Waals surface area contributed by atoms with E-state index in [-0.39, 0.29) is 19.0 Å². The molecule has 2 aromatic carbocycles. The molecule has 0 radical (unpaired) electrons. The van der Waals surface area contributed by atoms with E-state index < -0.39 is 5.41 Å². The average molecular weight is 347 g/mol. The lowest BCUT2D eigenvalue weighted by Crippen LogP contribution is -2.25. The van der Waals surface area contributed by atoms with Crippen LogP contribution in [-0.4, -0.2) is 18.8 Å². The first kappa shape index (κ1) is 16.3. The smallest absolute Gasteiger partial charge is 0.255 e. The maximum atomic E-state index is 12.8. The molecule has 132 valence electrons. The summed E-state index contributed by atoms with van der Waals surface area (Å²) in [5.41, 5.74) is 1.56. The summed E-state index contributed by atoms with van der Waals surface area (Å²) in [6.07, 6.45) is 6.55. The topological polar surface area (TPSA) is 55.4 Å². The van der Waals surface area contributed by atoms with E-state index in [0.29, 0.717) is 11.3 Å². The Morgan fingerprint density at radius 3 is 2.62 bits per heavy atom. The van der Waals surface area contributed by atoms with Gasteiger partial charge in [0.25, 0.3) is 5.91 Å². The van der Waals surface area contributed by atoms with Gasteiger partial charge in [-0.15, -0.1) is 0 Å². The fourth-order valence-electron chi connectivity index (χ4n) is 3.46. The van der Waals surface area contributed by atoms with Crippen LogP contribution in [0.4, 0.5) is 0 Å². The van der Waals surface area contributed by atoms with Crippen LogP contribution in [0.15, 0.2) is 78.5 Å². The molecule has 2 atom stereocenters. The van der Waals surface area contributed by atoms with Gasteiger partial charge in [-0.05, 0) is 36.6 Å². The van der Waals surface area contributed by atoms with Gasteiger partial charge < -0.3 is 10.1 Å². The van der Waals surface area contributed by atoms with Gasteiger partial charge >= 0.3 is 0 Å². The van der Waals surface area contributed by atoms with E-state index in [9.17, 15) is 9.59 Å². The van der Waals surface area contributed by atoms with Gasteiger partial charge in [0.05, 0.1) is 12.5 Å². The first-order valence-electron chi connectivity index (χ1n) is 8.59. The number of ketones is 1. The highest BCUT2D eigenvalue weighted by atomic mass is 16.5. The molecule has 4 heteroatoms. The van der Waals surface area contributed by atoms with Crippen molar-refractivity contribution < 1.29 is 15.8 Å². The maximum Gasteiger partial charge on any atom is 0.255 e. The first-order valence-corrected chi connectivity index (χ1v) is 8.59. The Bertz CT molecular complexity index is 936. The van der Waals surface area contributed by atoms with Gasteiger partial charge in [-0.25, -0.2) is 0 Å². The lowest BCUT2D eigenvalue weighted by Gasteiger charge is -2.16. The molecule has 0 aromatic heterocycles. The van der Waals surface area contributed by atoms with E-state index >= 15 is 0 Å². The normalized spacial score (nSPS) is 22.8. The second-order valence-corrected chi connectivity index (χ2v) is 6.69. The van der Waals surface area contributed by atoms with E-state index in [1.807, 2.05) is 48.6 Å². The molecule has 1 amide bonds. The van der Waals surface area contributed by atoms with Crippen LogP contribution in [0.25, 0.3) is 0 Å². The molecule has 26 heavy (non-hydrogen) atoms. The second-order valence-electron chi connectivity index (χ2n) is 6.69. The van der Waals surface area contributed by atoms with Crippen molar-refractivity contribution in [1.82, 2.24) is 5.32 Å². The van der Waals surface area contributed by atoms with Crippen LogP contribution in [-0.2, 0) is 0 Å². The minimum absolute atomic E-state index is 0. The zero-order chi connectivity index (χ0) is 18.1. The van der Waals surface area contributed by atoms with Crippen molar-refractivity contribution in [2.75, 3.05) is 7.11 Å². The highest BCUT2D eigenvalue weighted by molar-refractivity contribution is 6.04. The van der Waals surface area contributed by atoms with Gasteiger partial charge in [-0.2, -0.15) is 0 Å². The Morgan fingerprint density at radius 2 is 1.88 bits per heavy atom. The molecule has 4 nitrogen and oxygen atoms in total. The minimum Gasteiger partial charge on any atom is -0.497 e. The molecule has 2 aromatic rings. The van der Waals surface area contributed by atoms with Crippen molar-refractivity contribution in [2.45, 2.75) is 6.42 Å². The fraction of sp³-hybridized carbons (Fsp3) is 0.182. The molecular weight excluding hydrogens is 326 g/mol. The van der Waals surface area contributed by atoms with Crippen molar-refractivity contribution in [3.05, 3.63) is 89.6 Å². The van der Waals surface area contributed by atoms with Crippen LogP contribution in [0, 0.1) is 11.3 Å². The number of Topliss-reactive ketones (excluding diaryl/α,β-unsaturated/α-hetero) is 1. The van der Waals surface area contributed by atoms with Gasteiger partial charge in [0.15, 0.2) is 5.78 Å². The molecule has 0 saturated heterocycles. The minimum atomic E-state index is -0.439. The molecule has 2 aliphatic carbocycles. The molecule has 1 N–H and O–H groups in total. The highest BCUT2D eigenvalue weighted by Gasteiger charge is 2.57. The summed E-state index contributed by atoms with van der Waals surface area (Å²) in [6, 6.07) is 16.4. The second kappa shape index (κ2) is 6.30. The van der Waals surface area contributed by atoms with Gasteiger partial charge in [0.2, 0.25) is 0 Å². The Kier molecular flexibility index (Phi) is 3.96. The Hall–Kier alpha value is -3.14. The summed E-state index contributed by atoms with van der Waals surface area (Å²) in [5.74, 6) is 0.734. The van der Waals surface area contributed by atoms with Crippen molar-refractivity contribution in [3.8, 4) is 5.75 Å². The Balaban J connectivity index is 0.00000210. The van der Waals surface area contributed by atoms with E-state index in [1.165, 1.54) is 0 Å². The maximum absolute atomic E-state index is 12.8. The molecule has 2 aliphatic rings. The predicted molar refractivity (Wildman–Crippen MR) is 101 cm³/mol. The summed E-state index contributed by atoms with van der Waals surface area (Å²) in [4.78, 5) is 25.2. The van der Waals surface area contributed by atoms with E-state index in [2.05, 4.69) is 5.32 Å². The Morgan fingerprint density at radius 1 is 1.12 bits per heavy atom. The number of benzene rings is 2. The number of rotatable bonds is 5. The van der Waals surface area contributed by atoms with Gasteiger partial charge in [-0.3, -0.25) is 9.59 Å². The van der Waals surface area contributed by atoms with E-state index in [0.717, 1.165) is 17.7 Å². The summed E-state index contributed by atoms with van der Waals surface area (Å²) in [6.45, 7) is 0. The van der Waals surface area contributed by atoms with Crippen LogP contribution in [0.3, 0.4) is 0 Å². The van der Waals surface area contributed by atoms with E-state index in [1.54, 1.807) is 31.4 Å². The number of hydrogen-bond donors (Lipinski definition) is 1. The van der Waals surface area contributed by atoms with Crippen LogP contribution < -0.4 is 10.1 Å². The third-order valence-corrected chi connectivity index (χ3v) is 5.05. The fourth-order valence-corrected chi connectivity index (χ4v) is 3.46. The van der Waals surface area contributed by atoms with Crippen LogP contribution in [0.2, 0.25) is 0 Å². The average Bonchev–Trinajstić information content (AvgIpc) is 3.43. The van der Waals surface area contributed by atoms with Crippen LogP contribution >= 0.6 is 0 Å². The van der Waals surface area contributed by atoms with Crippen LogP contribution in [0.1, 0.15) is 28.6 Å². The molecule has 0 bridgehead atoms. The summed E-state index contributed by atoms with van der Waals surface area (Å²) >= 11 is 0. The van der Waals surface area contributed by atoms with Gasteiger partial charge in [0, 0.05) is 18.3 Å². The lowest BCUT2D eigenvalue weighted by atomic mass is 9.89. The molecule has 0 heterocycles. The van der Waals surface area contributed by atoms with Crippen molar-refractivity contribution in [1.29, 1.82) is 0 Å². The van der Waals surface area contributed by atoms with Crippen molar-refractivity contribution in [3.63, 3.8) is 0 Å². The zero-order valence-electron chi connectivity index (χ0n) is 14.4. The summed E-state index contributed by atoms with van der Waals surface area (Å²) in [7, 11) is 1.57. The third kappa shape index (κ3) is 2.84. The number of fused-ring (bicyclic) bond motifs is 1. The highest BCUT2D eigenvalue weighted by Crippen LogP contribution is 2.58. The monoisotopic (exact) mass is 347 g/mol. The number of carbonyl (C=O) groups excluding carboxylic acids is 2. The largest absolute Gasteiger partial charge is 0.497 e. The SMILES string of the molecule is COc1cccc(C(=O)NC2=CC3CC3(C(=O)c3ccccc3)C=C2)c1.[HH]. The number of ether oxygens (including phenoxy) is 1. The molecular formula is C22H21NO3. The van der Waals surface area contributed by atoms with Gasteiger partial charge in [0.1, 0.15) is 5.75 Å². The number of methoxy groups -OCH3 is 1. The lowest BCUT2D eigenvalue weighted by molar-refractivity contribution is 0.0923. The standard InChI is InChI=1S/C22H19NO3.H2/c1-26-19-9-5-8-16(12-19)21(25)23-18-10-11-22(14-17(22)13-18)20(24)15-6-3-2-4-7-15;/h2-13,17H,14H2,1H3,(H,23,25);1H. The summed E-state index contributed by atoms with van der Waals surface area (Å²) in [5, 5.41) is 2.91. The molecule has 0 aliphatic heterocycles. The number of carbonyl (C=O) groups is 2. The molecule has 4 rings (SSSR count). The van der Waals surface area contributed by atoms with Crippen molar-refractivity contribution >= 4 is 11.7 Å². The molecule has 1 fully saturated rings. The van der Waals surface area contributed by atoms with Crippen molar-refractivity contribution in [2.24, 2.45) is 11.3 Å². The van der Waals surface area contributed by atoms with Crippen LogP contribution in [0.5, 0.6) is 5.75 Å². The molecule has 2 unspecified atom stereocenters. The quantitative estimate of drug-likeness (QED) is 0.831. The van der Waals surface area contributed by atoms with Gasteiger partial charge in [-0.1, -0.05) is 48.6 Å². The number of nitrogens with one attached hydrogen (secondary N) is 1. The summed E-state index contributed by atoms with van der Waals surface area (Å²) < 4.78 is 5.15. The molecule has 1 saturated carbocycles. The first-order chi connectivity index (χ1) is 12.6. The zero-order valence-corrected chi connectivity index (χ0v) is 14.4. The number of amides is 1. The third-order valence-electron chi connectivity index (χ3n) is 5.05. The number of allylic oxidation sites excluding steroid dienone is 3. The molecule has 0 spiro atoms. The van der Waals surface area contributed by atoms with E-state index in [4.69, 9.17) is 4.74 Å². The number of hydrogen-bond acceptors (Lipinski definition) is 3. The predicted octanol–water partition coefficient (Wildman–Crippen LogP) is 4.01.